The first-order chi connectivity index (χ1) is 10.7. The Morgan fingerprint density at radius 1 is 1.13 bits per heavy atom. The first-order valence-electron chi connectivity index (χ1n) is 7.21. The van der Waals surface area contributed by atoms with E-state index in [0.717, 1.165) is 6.61 Å². The number of hydrogen-bond donors (Lipinski definition) is 0. The normalized spacial score (nSPS) is 16.3. The maximum atomic E-state index is 10.7. The molecule has 0 N–H and O–H groups in total. The van der Waals surface area contributed by atoms with Gasteiger partial charge in [-0.25, -0.2) is 8.42 Å². The van der Waals surface area contributed by atoms with E-state index in [9.17, 15) is 13.2 Å². The summed E-state index contributed by atoms with van der Waals surface area (Å²) in [6.07, 6.45) is 6.78. The van der Waals surface area contributed by atoms with Crippen molar-refractivity contribution in [2.75, 3.05) is 0 Å². The monoisotopic (exact) mass is 352 g/mol. The average molecular weight is 352 g/mol. The molecule has 0 aliphatic heterocycles. The zero-order valence-electron chi connectivity index (χ0n) is 12.5. The van der Waals surface area contributed by atoms with Crippen LogP contribution in [0.25, 0.3) is 0 Å². The fourth-order valence-corrected chi connectivity index (χ4v) is 2.12. The van der Waals surface area contributed by atoms with E-state index in [1.165, 1.54) is 37.7 Å². The summed E-state index contributed by atoms with van der Waals surface area (Å²) in [5.41, 5.74) is -4.39. The molecule has 8 heteroatoms. The Morgan fingerprint density at radius 3 is 2.13 bits per heavy atom. The van der Waals surface area contributed by atoms with Crippen LogP contribution in [0, 0.1) is 12.5 Å². The summed E-state index contributed by atoms with van der Waals surface area (Å²) in [6, 6.07) is 10.4. The first kappa shape index (κ1) is 19.8. The minimum absolute atomic E-state index is 0.697. The third-order valence-electron chi connectivity index (χ3n) is 3.31. The van der Waals surface area contributed by atoms with Crippen LogP contribution in [0.1, 0.15) is 37.7 Å². The molecule has 23 heavy (non-hydrogen) atoms. The van der Waals surface area contributed by atoms with E-state index in [-0.39, 0.29) is 0 Å². The van der Waals surface area contributed by atoms with Gasteiger partial charge < -0.3 is 4.55 Å². The van der Waals surface area contributed by atoms with Crippen LogP contribution in [0.5, 0.6) is 0 Å². The van der Waals surface area contributed by atoms with E-state index in [0.29, 0.717) is 5.92 Å². The van der Waals surface area contributed by atoms with Gasteiger partial charge in [-0.3, -0.25) is 0 Å². The Kier molecular flexibility index (Phi) is 7.87. The predicted octanol–water partition coefficient (Wildman–Crippen LogP) is 4.00. The van der Waals surface area contributed by atoms with Gasteiger partial charge in [0.25, 0.3) is 0 Å². The third kappa shape index (κ3) is 8.24. The molecule has 0 heterocycles. The fourth-order valence-electron chi connectivity index (χ4n) is 2.12. The van der Waals surface area contributed by atoms with Gasteiger partial charge in [-0.15, -0.1) is 0 Å². The largest absolute Gasteiger partial charge is 0.741 e. The molecule has 0 atom stereocenters. The van der Waals surface area contributed by atoms with Crippen LogP contribution in [0.2, 0.25) is 0 Å². The first-order valence-corrected chi connectivity index (χ1v) is 8.62. The molecule has 1 aliphatic carbocycles. The topological polar surface area (TPSA) is 66.4 Å². The van der Waals surface area contributed by atoms with Crippen molar-refractivity contribution in [2.45, 2.75) is 44.2 Å². The number of rotatable bonds is 4. The van der Waals surface area contributed by atoms with E-state index in [1.807, 2.05) is 6.07 Å². The second-order valence-electron chi connectivity index (χ2n) is 5.23. The molecular weight excluding hydrogens is 333 g/mol. The van der Waals surface area contributed by atoms with E-state index >= 15 is 0 Å². The van der Waals surface area contributed by atoms with Crippen molar-refractivity contribution < 1.29 is 30.9 Å². The number of halogens is 3. The van der Waals surface area contributed by atoms with Crippen LogP contribution in [0.3, 0.4) is 0 Å². The summed E-state index contributed by atoms with van der Waals surface area (Å²) in [7, 11) is -6.09. The van der Waals surface area contributed by atoms with Gasteiger partial charge in [-0.1, -0.05) is 36.8 Å². The van der Waals surface area contributed by atoms with Crippen LogP contribution >= 0.6 is 0 Å². The van der Waals surface area contributed by atoms with Crippen molar-refractivity contribution >= 4 is 10.1 Å². The molecule has 4 nitrogen and oxygen atoms in total. The number of ether oxygens (including phenoxy) is 1. The molecule has 1 aromatic rings. The molecule has 0 aromatic heterocycles. The lowest BCUT2D eigenvalue weighted by Gasteiger charge is -2.13. The minimum atomic E-state index is -6.09. The van der Waals surface area contributed by atoms with Gasteiger partial charge in [0.15, 0.2) is 10.1 Å². The molecule has 0 unspecified atom stereocenters. The second-order valence-corrected chi connectivity index (χ2v) is 6.60. The molecule has 130 valence electrons. The van der Waals surface area contributed by atoms with Crippen molar-refractivity contribution in [2.24, 2.45) is 5.92 Å². The highest BCUT2D eigenvalue weighted by Crippen LogP contribution is 2.26. The Bertz CT molecular complexity index is 538. The molecule has 0 radical (unpaired) electrons. The molecule has 0 bridgehead atoms. The molecule has 1 aliphatic rings. The third-order valence-corrected chi connectivity index (χ3v) is 3.88. The van der Waals surface area contributed by atoms with Crippen LogP contribution in [0.15, 0.2) is 30.3 Å². The molecule has 0 spiro atoms. The number of hydrogen-bond acceptors (Lipinski definition) is 4. The Morgan fingerprint density at radius 2 is 1.65 bits per heavy atom. The molecule has 0 amide bonds. The Balaban J connectivity index is 0.000000284. The molecular formula is C15H19F3O4S. The summed E-state index contributed by atoms with van der Waals surface area (Å²) in [4.78, 5) is 0. The molecule has 0 saturated heterocycles. The summed E-state index contributed by atoms with van der Waals surface area (Å²) < 4.78 is 64.5. The van der Waals surface area contributed by atoms with Crippen LogP contribution in [-0.2, 0) is 21.5 Å². The maximum absolute atomic E-state index is 10.7. The van der Waals surface area contributed by atoms with Gasteiger partial charge in [0.05, 0.1) is 0 Å². The van der Waals surface area contributed by atoms with E-state index in [2.05, 4.69) is 30.9 Å². The smallest absolute Gasteiger partial charge is 0.485 e. The zero-order chi connectivity index (χ0) is 17.3. The van der Waals surface area contributed by atoms with Gasteiger partial charge in [-0.2, -0.15) is 17.9 Å². The van der Waals surface area contributed by atoms with Crippen LogP contribution < -0.4 is 0 Å². The summed E-state index contributed by atoms with van der Waals surface area (Å²) in [6.45, 7) is 2.78. The molecule has 1 aromatic carbocycles. The van der Waals surface area contributed by atoms with E-state index in [4.69, 9.17) is 17.7 Å². The molecule has 2 rings (SSSR count). The summed E-state index contributed by atoms with van der Waals surface area (Å²) >= 11 is 0. The van der Waals surface area contributed by atoms with Gasteiger partial charge in [0.2, 0.25) is 6.61 Å². The number of benzene rings is 1. The SMILES string of the molecule is O=S(=O)([O-])C(F)(F)F.c1ccc(CO[CH+]C2CCCCC2)cc1. The lowest BCUT2D eigenvalue weighted by atomic mass is 9.90. The lowest BCUT2D eigenvalue weighted by molar-refractivity contribution is -0.0517. The summed E-state index contributed by atoms with van der Waals surface area (Å²) in [5, 5.41) is 0. The summed E-state index contributed by atoms with van der Waals surface area (Å²) in [5.74, 6) is 0.697. The minimum Gasteiger partial charge on any atom is -0.741 e. The zero-order valence-corrected chi connectivity index (χ0v) is 13.3. The van der Waals surface area contributed by atoms with Crippen molar-refractivity contribution in [3.8, 4) is 0 Å². The lowest BCUT2D eigenvalue weighted by Crippen LogP contribution is -2.21. The predicted molar refractivity (Wildman–Crippen MR) is 77.9 cm³/mol. The van der Waals surface area contributed by atoms with Crippen LogP contribution in [0.4, 0.5) is 13.2 Å². The van der Waals surface area contributed by atoms with Gasteiger partial charge in [-0.05, 0) is 31.2 Å². The Labute approximate surface area is 134 Å². The van der Waals surface area contributed by atoms with Crippen LogP contribution in [-0.4, -0.2) is 18.5 Å². The highest BCUT2D eigenvalue weighted by atomic mass is 32.2. The second kappa shape index (κ2) is 9.14. The highest BCUT2D eigenvalue weighted by Gasteiger charge is 2.36. The van der Waals surface area contributed by atoms with Gasteiger partial charge in [0.1, 0.15) is 12.5 Å². The van der Waals surface area contributed by atoms with Crippen molar-refractivity contribution in [1.29, 1.82) is 0 Å². The quantitative estimate of drug-likeness (QED) is 0.467. The fraction of sp³-hybridized carbons (Fsp3) is 0.533. The maximum Gasteiger partial charge on any atom is 0.485 e. The Hall–Kier alpha value is -1.25. The van der Waals surface area contributed by atoms with Crippen molar-refractivity contribution in [3.05, 3.63) is 42.5 Å². The van der Waals surface area contributed by atoms with Gasteiger partial charge >= 0.3 is 5.51 Å². The standard InChI is InChI=1S/C14H19O.CHF3O3S/c1-3-7-13(8-4-1)11-15-12-14-9-5-2-6-10-14;2-1(3,4)8(5,6)7/h1,3-4,7-8,12,14H,2,5-6,9-11H2;(H,5,6,7)/q+1;/p-1. The van der Waals surface area contributed by atoms with E-state index < -0.39 is 15.6 Å². The highest BCUT2D eigenvalue weighted by molar-refractivity contribution is 7.86. The van der Waals surface area contributed by atoms with Crippen molar-refractivity contribution in [1.82, 2.24) is 0 Å². The molecule has 1 fully saturated rings. The van der Waals surface area contributed by atoms with Gasteiger partial charge in [0, 0.05) is 0 Å². The number of alkyl halides is 3. The van der Waals surface area contributed by atoms with E-state index in [1.54, 1.807) is 0 Å². The van der Waals surface area contributed by atoms with Crippen molar-refractivity contribution in [3.63, 3.8) is 0 Å². The average Bonchev–Trinajstić information content (AvgIpc) is 2.48. The molecule has 1 saturated carbocycles.